The molecule has 1 aromatic heterocycles. The van der Waals surface area contributed by atoms with Gasteiger partial charge in [0.25, 0.3) is 0 Å². The number of pyridine rings is 1. The molecule has 0 N–H and O–H groups in total. The van der Waals surface area contributed by atoms with Crippen LogP contribution >= 0.6 is 23.2 Å². The molecule has 0 unspecified atom stereocenters. The number of aryl methyl sites for hydroxylation is 1. The molecule has 0 bridgehead atoms. The first-order valence-electron chi connectivity index (χ1n) is 3.49. The molecular formula is C8H9Cl2N. The van der Waals surface area contributed by atoms with Gasteiger partial charge in [-0.15, -0.1) is 11.6 Å². The third-order valence-electron chi connectivity index (χ3n) is 1.36. The first-order chi connectivity index (χ1) is 5.33. The number of alkyl halides is 1. The van der Waals surface area contributed by atoms with Crippen LogP contribution in [0.2, 0.25) is 5.02 Å². The Hall–Kier alpha value is -0.270. The molecule has 1 heterocycles. The summed E-state index contributed by atoms with van der Waals surface area (Å²) >= 11 is 11.2. The van der Waals surface area contributed by atoms with Crippen molar-refractivity contribution in [2.75, 3.05) is 5.88 Å². The molecule has 0 atom stereocenters. The lowest BCUT2D eigenvalue weighted by Gasteiger charge is -1.96. The Balaban J connectivity index is 2.52. The molecule has 0 aliphatic rings. The molecule has 0 radical (unpaired) electrons. The topological polar surface area (TPSA) is 12.9 Å². The molecule has 0 saturated carbocycles. The maximum atomic E-state index is 5.66. The summed E-state index contributed by atoms with van der Waals surface area (Å²) in [5.41, 5.74) is 1.05. The quantitative estimate of drug-likeness (QED) is 0.667. The lowest BCUT2D eigenvalue weighted by Crippen LogP contribution is -1.89. The molecule has 11 heavy (non-hydrogen) atoms. The summed E-state index contributed by atoms with van der Waals surface area (Å²) in [6, 6.07) is 3.77. The SMILES string of the molecule is ClCCCc1ccc(Cl)cn1. The third-order valence-corrected chi connectivity index (χ3v) is 1.85. The number of halogens is 2. The van der Waals surface area contributed by atoms with Crippen LogP contribution in [0.25, 0.3) is 0 Å². The fourth-order valence-corrected chi connectivity index (χ4v) is 1.05. The highest BCUT2D eigenvalue weighted by Gasteiger charge is 1.93. The van der Waals surface area contributed by atoms with Crippen molar-refractivity contribution in [3.05, 3.63) is 29.0 Å². The van der Waals surface area contributed by atoms with Crippen molar-refractivity contribution < 1.29 is 0 Å². The molecule has 0 spiro atoms. The van der Waals surface area contributed by atoms with E-state index in [0.717, 1.165) is 18.5 Å². The van der Waals surface area contributed by atoms with Crippen LogP contribution in [0.1, 0.15) is 12.1 Å². The third kappa shape index (κ3) is 3.08. The lowest BCUT2D eigenvalue weighted by molar-refractivity contribution is 0.888. The minimum atomic E-state index is 0.680. The summed E-state index contributed by atoms with van der Waals surface area (Å²) in [6.07, 6.45) is 3.56. The van der Waals surface area contributed by atoms with Crippen molar-refractivity contribution in [2.24, 2.45) is 0 Å². The van der Waals surface area contributed by atoms with Crippen molar-refractivity contribution in [3.63, 3.8) is 0 Å². The van der Waals surface area contributed by atoms with E-state index in [4.69, 9.17) is 23.2 Å². The summed E-state index contributed by atoms with van der Waals surface area (Å²) in [5.74, 6) is 0.685. The second-order valence-corrected chi connectivity index (χ2v) is 3.07. The van der Waals surface area contributed by atoms with Crippen molar-refractivity contribution in [3.8, 4) is 0 Å². The minimum absolute atomic E-state index is 0.680. The largest absolute Gasteiger partial charge is 0.260 e. The predicted octanol–water partition coefficient (Wildman–Crippen LogP) is 2.91. The standard InChI is InChI=1S/C8H9Cl2N/c9-5-1-2-8-4-3-7(10)6-11-8/h3-4,6H,1-2,5H2. The zero-order valence-corrected chi connectivity index (χ0v) is 7.57. The van der Waals surface area contributed by atoms with Gasteiger partial charge in [-0.3, -0.25) is 4.98 Å². The first-order valence-corrected chi connectivity index (χ1v) is 4.40. The Labute approximate surface area is 76.4 Å². The van der Waals surface area contributed by atoms with Crippen LogP contribution in [-0.4, -0.2) is 10.9 Å². The monoisotopic (exact) mass is 189 g/mol. The summed E-state index contributed by atoms with van der Waals surface area (Å²) in [7, 11) is 0. The molecule has 1 aromatic rings. The maximum absolute atomic E-state index is 5.66. The Morgan fingerprint density at radius 2 is 2.18 bits per heavy atom. The number of aromatic nitrogens is 1. The molecular weight excluding hydrogens is 181 g/mol. The van der Waals surface area contributed by atoms with Gasteiger partial charge in [0.2, 0.25) is 0 Å². The summed E-state index contributed by atoms with van der Waals surface area (Å²) < 4.78 is 0. The average molecular weight is 190 g/mol. The highest BCUT2D eigenvalue weighted by molar-refractivity contribution is 6.30. The van der Waals surface area contributed by atoms with Crippen molar-refractivity contribution in [1.82, 2.24) is 4.98 Å². The number of hydrogen-bond acceptors (Lipinski definition) is 1. The van der Waals surface area contributed by atoms with Crippen LogP contribution in [0, 0.1) is 0 Å². The smallest absolute Gasteiger partial charge is 0.0589 e. The van der Waals surface area contributed by atoms with Gasteiger partial charge >= 0.3 is 0 Å². The van der Waals surface area contributed by atoms with Crippen LogP contribution in [0.15, 0.2) is 18.3 Å². The zero-order chi connectivity index (χ0) is 8.10. The molecule has 60 valence electrons. The van der Waals surface area contributed by atoms with Gasteiger partial charge in [-0.1, -0.05) is 11.6 Å². The maximum Gasteiger partial charge on any atom is 0.0589 e. The Kier molecular flexibility index (Phi) is 3.67. The predicted molar refractivity (Wildman–Crippen MR) is 48.3 cm³/mol. The fraction of sp³-hybridized carbons (Fsp3) is 0.375. The van der Waals surface area contributed by atoms with E-state index in [1.165, 1.54) is 0 Å². The fourth-order valence-electron chi connectivity index (χ4n) is 0.802. The van der Waals surface area contributed by atoms with Gasteiger partial charge in [0.05, 0.1) is 5.02 Å². The van der Waals surface area contributed by atoms with Crippen LogP contribution in [0.4, 0.5) is 0 Å². The summed E-state index contributed by atoms with van der Waals surface area (Å²) in [6.45, 7) is 0. The molecule has 1 rings (SSSR count). The van der Waals surface area contributed by atoms with Crippen molar-refractivity contribution >= 4 is 23.2 Å². The first kappa shape index (κ1) is 8.82. The average Bonchev–Trinajstić information content (AvgIpc) is 2.04. The van der Waals surface area contributed by atoms with E-state index < -0.39 is 0 Å². The van der Waals surface area contributed by atoms with Gasteiger partial charge in [-0.25, -0.2) is 0 Å². The molecule has 0 aliphatic heterocycles. The normalized spacial score (nSPS) is 10.0. The molecule has 0 fully saturated rings. The van der Waals surface area contributed by atoms with Crippen LogP contribution in [0.3, 0.4) is 0 Å². The van der Waals surface area contributed by atoms with E-state index in [9.17, 15) is 0 Å². The molecule has 0 amide bonds. The van der Waals surface area contributed by atoms with E-state index >= 15 is 0 Å². The minimum Gasteiger partial charge on any atom is -0.260 e. The van der Waals surface area contributed by atoms with Crippen LogP contribution < -0.4 is 0 Å². The second kappa shape index (κ2) is 4.58. The molecule has 0 aliphatic carbocycles. The van der Waals surface area contributed by atoms with E-state index in [0.29, 0.717) is 10.9 Å². The molecule has 3 heteroatoms. The van der Waals surface area contributed by atoms with Gasteiger partial charge < -0.3 is 0 Å². The van der Waals surface area contributed by atoms with Gasteiger partial charge in [-0.2, -0.15) is 0 Å². The number of rotatable bonds is 3. The van der Waals surface area contributed by atoms with Gasteiger partial charge in [0.15, 0.2) is 0 Å². The Bertz CT molecular complexity index is 208. The van der Waals surface area contributed by atoms with Gasteiger partial charge in [0.1, 0.15) is 0 Å². The summed E-state index contributed by atoms with van der Waals surface area (Å²) in [4.78, 5) is 4.13. The van der Waals surface area contributed by atoms with E-state index in [-0.39, 0.29) is 0 Å². The highest BCUT2D eigenvalue weighted by atomic mass is 35.5. The van der Waals surface area contributed by atoms with E-state index in [1.54, 1.807) is 6.20 Å². The van der Waals surface area contributed by atoms with Gasteiger partial charge in [-0.05, 0) is 25.0 Å². The second-order valence-electron chi connectivity index (χ2n) is 2.26. The Morgan fingerprint density at radius 3 is 2.73 bits per heavy atom. The van der Waals surface area contributed by atoms with E-state index in [2.05, 4.69) is 4.98 Å². The molecule has 1 nitrogen and oxygen atoms in total. The zero-order valence-electron chi connectivity index (χ0n) is 6.06. The molecule has 0 aromatic carbocycles. The summed E-state index contributed by atoms with van der Waals surface area (Å²) in [5, 5.41) is 0.680. The number of hydrogen-bond donors (Lipinski definition) is 0. The van der Waals surface area contributed by atoms with Crippen LogP contribution in [-0.2, 0) is 6.42 Å². The highest BCUT2D eigenvalue weighted by Crippen LogP contribution is 2.07. The van der Waals surface area contributed by atoms with E-state index in [1.807, 2.05) is 12.1 Å². The Morgan fingerprint density at radius 1 is 1.36 bits per heavy atom. The van der Waals surface area contributed by atoms with Crippen LogP contribution in [0.5, 0.6) is 0 Å². The number of nitrogens with zero attached hydrogens (tertiary/aromatic N) is 1. The lowest BCUT2D eigenvalue weighted by atomic mass is 10.2. The van der Waals surface area contributed by atoms with Crippen molar-refractivity contribution in [2.45, 2.75) is 12.8 Å². The molecule has 0 saturated heterocycles. The van der Waals surface area contributed by atoms with Crippen molar-refractivity contribution in [1.29, 1.82) is 0 Å². The van der Waals surface area contributed by atoms with Gasteiger partial charge in [0, 0.05) is 17.8 Å².